The van der Waals surface area contributed by atoms with Crippen LogP contribution in [0.25, 0.3) is 22.5 Å². The van der Waals surface area contributed by atoms with E-state index in [1.807, 2.05) is 13.0 Å². The molecule has 1 heterocycles. The molecule has 0 aliphatic heterocycles. The van der Waals surface area contributed by atoms with Crippen LogP contribution in [0.15, 0.2) is 48.5 Å². The average molecular weight is 426 g/mol. The molecule has 1 atom stereocenters. The molecule has 0 radical (unpaired) electrons. The third-order valence-corrected chi connectivity index (χ3v) is 5.03. The minimum absolute atomic E-state index is 0.129. The Morgan fingerprint density at radius 2 is 1.90 bits per heavy atom. The van der Waals surface area contributed by atoms with Crippen LogP contribution in [-0.4, -0.2) is 38.7 Å². The average Bonchev–Trinajstić information content (AvgIpc) is 3.17. The Bertz CT molecular complexity index is 1030. The van der Waals surface area contributed by atoms with Gasteiger partial charge in [0.05, 0.1) is 36.2 Å². The summed E-state index contributed by atoms with van der Waals surface area (Å²) in [7, 11) is 0. The fraction of sp³-hybridized carbons (Fsp3) is 0.333. The van der Waals surface area contributed by atoms with Crippen LogP contribution < -0.4 is 4.74 Å². The third kappa shape index (κ3) is 5.49. The highest BCUT2D eigenvalue weighted by atomic mass is 19.1. The minimum Gasteiger partial charge on any atom is -0.493 e. The van der Waals surface area contributed by atoms with Crippen LogP contribution in [0.3, 0.4) is 0 Å². The summed E-state index contributed by atoms with van der Waals surface area (Å²) in [6.45, 7) is 4.71. The van der Waals surface area contributed by atoms with Gasteiger partial charge in [0.2, 0.25) is 0 Å². The molecule has 31 heavy (non-hydrogen) atoms. The predicted octanol–water partition coefficient (Wildman–Crippen LogP) is 5.00. The van der Waals surface area contributed by atoms with Crippen LogP contribution in [0.4, 0.5) is 4.39 Å². The number of benzene rings is 2. The van der Waals surface area contributed by atoms with Gasteiger partial charge in [0.15, 0.2) is 0 Å². The molecular weight excluding hydrogens is 399 g/mol. The molecule has 0 spiro atoms. The Morgan fingerprint density at radius 3 is 2.55 bits per heavy atom. The van der Waals surface area contributed by atoms with Crippen molar-refractivity contribution >= 4 is 5.97 Å². The van der Waals surface area contributed by atoms with Crippen LogP contribution in [0, 0.1) is 5.82 Å². The van der Waals surface area contributed by atoms with Crippen LogP contribution in [0.1, 0.15) is 43.5 Å². The molecule has 3 rings (SSSR count). The first-order valence-electron chi connectivity index (χ1n) is 10.4. The number of carboxylic acids is 1. The Labute approximate surface area is 180 Å². The normalized spacial score (nSPS) is 12.0. The van der Waals surface area contributed by atoms with Crippen LogP contribution in [0.5, 0.6) is 5.75 Å². The second kappa shape index (κ2) is 10.2. The number of aliphatic hydroxyl groups is 1. The highest BCUT2D eigenvalue weighted by molar-refractivity contribution is 5.90. The maximum absolute atomic E-state index is 13.4. The number of ether oxygens (including phenoxy) is 1. The maximum Gasteiger partial charge on any atom is 0.335 e. The Morgan fingerprint density at radius 1 is 1.16 bits per heavy atom. The molecule has 0 fully saturated rings. The smallest absolute Gasteiger partial charge is 0.335 e. The number of aromatic carboxylic acids is 1. The highest BCUT2D eigenvalue weighted by Gasteiger charge is 2.18. The molecule has 0 unspecified atom stereocenters. The standard InChI is InChI=1S/C24H27FN2O4/c1-3-5-12-31-23-11-8-17(24(29)30)13-20(23)21-14-22(16-6-9-18(25)10-7-16)27(26-21)15-19(28)4-2/h6-11,13-14,19,28H,3-5,12,15H2,1-2H3,(H,29,30)/t19-/m1/s1. The van der Waals surface area contributed by atoms with Gasteiger partial charge in [-0.3, -0.25) is 4.68 Å². The fourth-order valence-corrected chi connectivity index (χ4v) is 3.18. The minimum atomic E-state index is -1.04. The summed E-state index contributed by atoms with van der Waals surface area (Å²) in [5, 5.41) is 24.3. The molecule has 0 amide bonds. The lowest BCUT2D eigenvalue weighted by molar-refractivity contribution is 0.0697. The summed E-state index contributed by atoms with van der Waals surface area (Å²) in [6.07, 6.45) is 1.80. The van der Waals surface area contributed by atoms with E-state index in [1.165, 1.54) is 18.2 Å². The van der Waals surface area contributed by atoms with Crippen molar-refractivity contribution in [3.05, 3.63) is 59.9 Å². The molecule has 0 aliphatic rings. The van der Waals surface area contributed by atoms with E-state index < -0.39 is 12.1 Å². The van der Waals surface area contributed by atoms with Crippen molar-refractivity contribution in [3.63, 3.8) is 0 Å². The van der Waals surface area contributed by atoms with Crippen molar-refractivity contribution in [2.45, 2.75) is 45.8 Å². The Hall–Kier alpha value is -3.19. The molecule has 0 aliphatic carbocycles. The van der Waals surface area contributed by atoms with Gasteiger partial charge in [0.1, 0.15) is 11.6 Å². The Kier molecular flexibility index (Phi) is 7.41. The first-order chi connectivity index (χ1) is 14.9. The van der Waals surface area contributed by atoms with E-state index in [-0.39, 0.29) is 17.9 Å². The molecular formula is C24H27FN2O4. The van der Waals surface area contributed by atoms with Crippen molar-refractivity contribution in [2.24, 2.45) is 0 Å². The molecule has 164 valence electrons. The quantitative estimate of drug-likeness (QED) is 0.446. The van der Waals surface area contributed by atoms with Crippen LogP contribution in [-0.2, 0) is 6.54 Å². The van der Waals surface area contributed by atoms with Gasteiger partial charge in [0.25, 0.3) is 0 Å². The van der Waals surface area contributed by atoms with Gasteiger partial charge in [-0.25, -0.2) is 9.18 Å². The molecule has 0 saturated carbocycles. The molecule has 3 aromatic rings. The van der Waals surface area contributed by atoms with Crippen LogP contribution >= 0.6 is 0 Å². The van der Waals surface area contributed by atoms with Gasteiger partial charge in [0, 0.05) is 11.1 Å². The number of carboxylic acid groups (broad SMARTS) is 1. The highest BCUT2D eigenvalue weighted by Crippen LogP contribution is 2.34. The number of carbonyl (C=O) groups is 1. The van der Waals surface area contributed by atoms with E-state index in [0.29, 0.717) is 35.7 Å². The molecule has 7 heteroatoms. The van der Waals surface area contributed by atoms with Gasteiger partial charge < -0.3 is 14.9 Å². The number of unbranched alkanes of at least 4 members (excludes halogenated alkanes) is 1. The number of hydrogen-bond donors (Lipinski definition) is 2. The van der Waals surface area contributed by atoms with Crippen molar-refractivity contribution in [1.29, 1.82) is 0 Å². The zero-order valence-electron chi connectivity index (χ0n) is 17.7. The second-order valence-electron chi connectivity index (χ2n) is 7.38. The molecule has 1 aromatic heterocycles. The van der Waals surface area contributed by atoms with Crippen molar-refractivity contribution in [1.82, 2.24) is 9.78 Å². The van der Waals surface area contributed by atoms with E-state index in [2.05, 4.69) is 12.0 Å². The monoisotopic (exact) mass is 426 g/mol. The molecule has 2 N–H and O–H groups in total. The van der Waals surface area contributed by atoms with Gasteiger partial charge in [-0.1, -0.05) is 20.3 Å². The number of aliphatic hydroxyl groups excluding tert-OH is 1. The molecule has 0 bridgehead atoms. The van der Waals surface area contributed by atoms with Gasteiger partial charge in [-0.2, -0.15) is 5.10 Å². The summed E-state index contributed by atoms with van der Waals surface area (Å²) in [4.78, 5) is 11.5. The lowest BCUT2D eigenvalue weighted by atomic mass is 10.1. The summed E-state index contributed by atoms with van der Waals surface area (Å²) in [5.74, 6) is -0.838. The molecule has 2 aromatic carbocycles. The summed E-state index contributed by atoms with van der Waals surface area (Å²) < 4.78 is 21.0. The summed E-state index contributed by atoms with van der Waals surface area (Å²) >= 11 is 0. The number of hydrogen-bond acceptors (Lipinski definition) is 4. The number of aromatic nitrogens is 2. The van der Waals surface area contributed by atoms with Gasteiger partial charge in [-0.05, 0) is 61.4 Å². The van der Waals surface area contributed by atoms with E-state index in [1.54, 1.807) is 28.9 Å². The SMILES string of the molecule is CCCCOc1ccc(C(=O)O)cc1-c1cc(-c2ccc(F)cc2)n(C[C@H](O)CC)n1. The maximum atomic E-state index is 13.4. The van der Waals surface area contributed by atoms with Gasteiger partial charge >= 0.3 is 5.97 Å². The summed E-state index contributed by atoms with van der Waals surface area (Å²) in [6, 6.07) is 12.5. The predicted molar refractivity (Wildman–Crippen MR) is 117 cm³/mol. The lowest BCUT2D eigenvalue weighted by Crippen LogP contribution is -2.16. The summed E-state index contributed by atoms with van der Waals surface area (Å²) in [5.41, 5.74) is 2.65. The molecule has 0 saturated heterocycles. The number of halogens is 1. The molecule has 6 nitrogen and oxygen atoms in total. The van der Waals surface area contributed by atoms with Crippen LogP contribution in [0.2, 0.25) is 0 Å². The van der Waals surface area contributed by atoms with Crippen molar-refractivity contribution < 1.29 is 24.1 Å². The lowest BCUT2D eigenvalue weighted by Gasteiger charge is -2.12. The van der Waals surface area contributed by atoms with E-state index in [0.717, 1.165) is 18.4 Å². The van der Waals surface area contributed by atoms with E-state index in [4.69, 9.17) is 4.74 Å². The van der Waals surface area contributed by atoms with E-state index >= 15 is 0 Å². The fourth-order valence-electron chi connectivity index (χ4n) is 3.18. The largest absolute Gasteiger partial charge is 0.493 e. The topological polar surface area (TPSA) is 84.6 Å². The second-order valence-corrected chi connectivity index (χ2v) is 7.38. The van der Waals surface area contributed by atoms with E-state index in [9.17, 15) is 19.4 Å². The van der Waals surface area contributed by atoms with Gasteiger partial charge in [-0.15, -0.1) is 0 Å². The third-order valence-electron chi connectivity index (χ3n) is 5.03. The zero-order chi connectivity index (χ0) is 22.4. The Balaban J connectivity index is 2.10. The zero-order valence-corrected chi connectivity index (χ0v) is 17.7. The number of nitrogens with zero attached hydrogens (tertiary/aromatic N) is 2. The van der Waals surface area contributed by atoms with Crippen molar-refractivity contribution in [3.8, 4) is 28.3 Å². The number of rotatable bonds is 10. The first kappa shape index (κ1) is 22.5. The van der Waals surface area contributed by atoms with Crippen molar-refractivity contribution in [2.75, 3.05) is 6.61 Å². The first-order valence-corrected chi connectivity index (χ1v) is 10.4.